The maximum Gasteiger partial charge on any atom is 0.351 e. The quantitative estimate of drug-likeness (QED) is 0.850. The number of nitrogens with two attached hydrogens (primary N) is 1. The molecule has 2 aliphatic rings. The smallest absolute Gasteiger partial charge is 0.351 e. The summed E-state index contributed by atoms with van der Waals surface area (Å²) < 4.78 is 23.5. The predicted molar refractivity (Wildman–Crippen MR) is 72.3 cm³/mol. The van der Waals surface area contributed by atoms with Crippen molar-refractivity contribution in [2.24, 2.45) is 0 Å². The van der Waals surface area contributed by atoms with Crippen LogP contribution in [0.5, 0.6) is 0 Å². The minimum absolute atomic E-state index is 0.185. The van der Waals surface area contributed by atoms with Crippen molar-refractivity contribution < 1.29 is 18.9 Å². The first kappa shape index (κ1) is 14.5. The molecule has 3 rings (SSSR count). The molecule has 0 radical (unpaired) electrons. The molecule has 116 valence electrons. The minimum atomic E-state index is -0.509. The van der Waals surface area contributed by atoms with Crippen molar-refractivity contribution in [1.29, 1.82) is 0 Å². The molecule has 2 fully saturated rings. The predicted octanol–water partition coefficient (Wildman–Crippen LogP) is 0.240. The van der Waals surface area contributed by atoms with Gasteiger partial charge in [-0.25, -0.2) is 4.79 Å². The van der Waals surface area contributed by atoms with Gasteiger partial charge in [0.25, 0.3) is 0 Å². The van der Waals surface area contributed by atoms with Crippen LogP contribution in [0.2, 0.25) is 0 Å². The van der Waals surface area contributed by atoms with E-state index in [1.807, 2.05) is 0 Å². The van der Waals surface area contributed by atoms with Crippen molar-refractivity contribution in [3.05, 3.63) is 22.7 Å². The lowest BCUT2D eigenvalue weighted by Gasteiger charge is -2.23. The zero-order chi connectivity index (χ0) is 14.7. The van der Waals surface area contributed by atoms with Gasteiger partial charge in [0.2, 0.25) is 0 Å². The third-order valence-corrected chi connectivity index (χ3v) is 3.45. The van der Waals surface area contributed by atoms with Gasteiger partial charge in [-0.15, -0.1) is 0 Å². The second kappa shape index (κ2) is 6.52. The monoisotopic (exact) mass is 297 g/mol. The van der Waals surface area contributed by atoms with Gasteiger partial charge >= 0.3 is 5.69 Å². The second-order valence-corrected chi connectivity index (χ2v) is 5.03. The molecule has 21 heavy (non-hydrogen) atoms. The van der Waals surface area contributed by atoms with Crippen molar-refractivity contribution in [3.63, 3.8) is 0 Å². The third-order valence-electron chi connectivity index (χ3n) is 3.45. The Kier molecular flexibility index (Phi) is 4.49. The molecule has 8 nitrogen and oxygen atoms in total. The van der Waals surface area contributed by atoms with Crippen LogP contribution in [0.4, 0.5) is 5.82 Å². The van der Waals surface area contributed by atoms with Crippen molar-refractivity contribution in [1.82, 2.24) is 9.55 Å². The Balaban J connectivity index is 1.51. The van der Waals surface area contributed by atoms with Gasteiger partial charge < -0.3 is 24.7 Å². The average Bonchev–Trinajstić information content (AvgIpc) is 2.95. The van der Waals surface area contributed by atoms with Crippen molar-refractivity contribution in [3.8, 4) is 0 Å². The SMILES string of the molecule is Nc1ccn([C@H]2CO[C@@H](COC3CCCCO3)O2)c(=O)n1. The summed E-state index contributed by atoms with van der Waals surface area (Å²) in [6.07, 6.45) is 3.41. The van der Waals surface area contributed by atoms with Gasteiger partial charge in [-0.3, -0.25) is 4.57 Å². The van der Waals surface area contributed by atoms with Crippen LogP contribution in [0, 0.1) is 0 Å². The summed E-state index contributed by atoms with van der Waals surface area (Å²) in [4.78, 5) is 15.4. The summed E-state index contributed by atoms with van der Waals surface area (Å²) >= 11 is 0. The van der Waals surface area contributed by atoms with Gasteiger partial charge in [0.05, 0.1) is 6.61 Å². The van der Waals surface area contributed by atoms with Crippen molar-refractivity contribution in [2.45, 2.75) is 38.1 Å². The lowest BCUT2D eigenvalue weighted by Crippen LogP contribution is -2.30. The Morgan fingerprint density at radius 3 is 3.10 bits per heavy atom. The topological polar surface area (TPSA) is 97.8 Å². The van der Waals surface area contributed by atoms with E-state index >= 15 is 0 Å². The molecule has 2 N–H and O–H groups in total. The number of anilines is 1. The highest BCUT2D eigenvalue weighted by molar-refractivity contribution is 5.23. The lowest BCUT2D eigenvalue weighted by atomic mass is 10.2. The molecule has 0 spiro atoms. The standard InChI is InChI=1S/C13H19N3O5/c14-9-4-5-16(13(17)15-9)10-7-19-12(21-10)8-20-11-3-1-2-6-18-11/h4-5,10-12H,1-3,6-8H2,(H2,14,15,17)/t10-,11?,12-/m1/s1. The van der Waals surface area contributed by atoms with Gasteiger partial charge in [0.1, 0.15) is 12.4 Å². The average molecular weight is 297 g/mol. The zero-order valence-electron chi connectivity index (χ0n) is 11.6. The van der Waals surface area contributed by atoms with E-state index in [0.717, 1.165) is 25.9 Å². The van der Waals surface area contributed by atoms with E-state index in [-0.39, 0.29) is 25.3 Å². The van der Waals surface area contributed by atoms with Crippen LogP contribution in [0.3, 0.4) is 0 Å². The summed E-state index contributed by atoms with van der Waals surface area (Å²) in [7, 11) is 0. The molecule has 2 saturated heterocycles. The molecule has 0 amide bonds. The molecule has 3 atom stereocenters. The molecule has 3 heterocycles. The summed E-state index contributed by atoms with van der Waals surface area (Å²) in [6.45, 7) is 1.27. The van der Waals surface area contributed by atoms with Crippen LogP contribution in [0.1, 0.15) is 25.5 Å². The van der Waals surface area contributed by atoms with Crippen molar-refractivity contribution in [2.75, 3.05) is 25.6 Å². The Morgan fingerprint density at radius 1 is 1.43 bits per heavy atom. The first-order chi connectivity index (χ1) is 10.2. The fourth-order valence-corrected chi connectivity index (χ4v) is 2.35. The Labute approximate surface area is 121 Å². The second-order valence-electron chi connectivity index (χ2n) is 5.03. The first-order valence-corrected chi connectivity index (χ1v) is 7.07. The van der Waals surface area contributed by atoms with Crippen molar-refractivity contribution >= 4 is 5.82 Å². The van der Waals surface area contributed by atoms with Gasteiger partial charge in [-0.1, -0.05) is 0 Å². The largest absolute Gasteiger partial charge is 0.383 e. The van der Waals surface area contributed by atoms with E-state index in [1.54, 1.807) is 12.3 Å². The normalized spacial score (nSPS) is 29.6. The van der Waals surface area contributed by atoms with Crippen LogP contribution in [0.25, 0.3) is 0 Å². The number of aromatic nitrogens is 2. The molecule has 2 aliphatic heterocycles. The molecule has 1 aromatic rings. The number of rotatable bonds is 4. The zero-order valence-corrected chi connectivity index (χ0v) is 11.6. The van der Waals surface area contributed by atoms with Crippen LogP contribution in [-0.2, 0) is 18.9 Å². The van der Waals surface area contributed by atoms with Crippen LogP contribution >= 0.6 is 0 Å². The summed E-state index contributed by atoms with van der Waals surface area (Å²) in [5, 5.41) is 0. The molecule has 1 aromatic heterocycles. The maximum atomic E-state index is 11.7. The Morgan fingerprint density at radius 2 is 2.33 bits per heavy atom. The highest BCUT2D eigenvalue weighted by atomic mass is 16.8. The summed E-state index contributed by atoms with van der Waals surface area (Å²) in [5.74, 6) is 0.185. The Hall–Kier alpha value is -1.48. The number of ether oxygens (including phenoxy) is 4. The van der Waals surface area contributed by atoms with Gasteiger partial charge in [0, 0.05) is 12.8 Å². The maximum absolute atomic E-state index is 11.7. The first-order valence-electron chi connectivity index (χ1n) is 7.07. The summed E-state index contributed by atoms with van der Waals surface area (Å²) in [6, 6.07) is 1.55. The molecule has 8 heteroatoms. The molecule has 0 aromatic carbocycles. The van der Waals surface area contributed by atoms with E-state index < -0.39 is 18.2 Å². The van der Waals surface area contributed by atoms with E-state index in [2.05, 4.69) is 4.98 Å². The molecule has 0 saturated carbocycles. The molecule has 0 bridgehead atoms. The van der Waals surface area contributed by atoms with Gasteiger partial charge in [-0.05, 0) is 25.3 Å². The fourth-order valence-electron chi connectivity index (χ4n) is 2.35. The van der Waals surface area contributed by atoms with E-state index in [9.17, 15) is 4.79 Å². The van der Waals surface area contributed by atoms with E-state index in [1.165, 1.54) is 4.57 Å². The number of hydrogen-bond donors (Lipinski definition) is 1. The van der Waals surface area contributed by atoms with Gasteiger partial charge in [-0.2, -0.15) is 4.98 Å². The number of nitrogen functional groups attached to an aromatic ring is 1. The highest BCUT2D eigenvalue weighted by Crippen LogP contribution is 2.21. The van der Waals surface area contributed by atoms with E-state index in [0.29, 0.717) is 0 Å². The summed E-state index contributed by atoms with van der Waals surface area (Å²) in [5.41, 5.74) is 5.00. The van der Waals surface area contributed by atoms with Crippen LogP contribution < -0.4 is 11.4 Å². The lowest BCUT2D eigenvalue weighted by molar-refractivity contribution is -0.204. The van der Waals surface area contributed by atoms with Gasteiger partial charge in [0.15, 0.2) is 18.8 Å². The molecule has 0 aliphatic carbocycles. The highest BCUT2D eigenvalue weighted by Gasteiger charge is 2.29. The van der Waals surface area contributed by atoms with Crippen LogP contribution in [-0.4, -0.2) is 42.0 Å². The molecule has 1 unspecified atom stereocenters. The number of hydrogen-bond acceptors (Lipinski definition) is 7. The Bertz CT molecular complexity index is 529. The molecular formula is C13H19N3O5. The molecular weight excluding hydrogens is 278 g/mol. The van der Waals surface area contributed by atoms with Crippen LogP contribution in [0.15, 0.2) is 17.1 Å². The number of nitrogens with zero attached hydrogens (tertiary/aromatic N) is 2. The van der Waals surface area contributed by atoms with E-state index in [4.69, 9.17) is 24.7 Å². The minimum Gasteiger partial charge on any atom is -0.383 e. The fraction of sp³-hybridized carbons (Fsp3) is 0.692. The third kappa shape index (κ3) is 3.59.